The number of fused-ring (bicyclic) bond motifs is 3. The third kappa shape index (κ3) is 8.92. The van der Waals surface area contributed by atoms with Gasteiger partial charge in [0.15, 0.2) is 0 Å². The fourth-order valence-corrected chi connectivity index (χ4v) is 4.27. The van der Waals surface area contributed by atoms with Crippen molar-refractivity contribution in [2.24, 2.45) is 0 Å². The highest BCUT2D eigenvalue weighted by Gasteiger charge is 2.25. The summed E-state index contributed by atoms with van der Waals surface area (Å²) < 4.78 is 5.45. The second kappa shape index (κ2) is 14.6. The summed E-state index contributed by atoms with van der Waals surface area (Å²) in [4.78, 5) is 23.2. The Hall–Kier alpha value is -4.25. The number of halogens is 1. The summed E-state index contributed by atoms with van der Waals surface area (Å²) in [6, 6.07) is 24.5. The van der Waals surface area contributed by atoms with Crippen molar-refractivity contribution in [1.29, 1.82) is 0 Å². The Labute approximate surface area is 233 Å². The monoisotopic (exact) mass is 545 g/mol. The lowest BCUT2D eigenvalue weighted by Gasteiger charge is -2.25. The van der Waals surface area contributed by atoms with Gasteiger partial charge >= 0.3 is 5.97 Å². The number of nitrogens with one attached hydrogen (secondary N) is 3. The zero-order valence-electron chi connectivity index (χ0n) is 22.0. The second-order valence-electron chi connectivity index (χ2n) is 8.86. The lowest BCUT2D eigenvalue weighted by Crippen LogP contribution is -2.30. The van der Waals surface area contributed by atoms with Crippen LogP contribution in [0.1, 0.15) is 35.3 Å². The zero-order valence-corrected chi connectivity index (χ0v) is 22.7. The molecule has 1 atom stereocenters. The second-order valence-corrected chi connectivity index (χ2v) is 9.30. The van der Waals surface area contributed by atoms with Gasteiger partial charge in [0.05, 0.1) is 6.04 Å². The van der Waals surface area contributed by atoms with Gasteiger partial charge in [-0.1, -0.05) is 65.5 Å². The Morgan fingerprint density at radius 2 is 1.85 bits per heavy atom. The number of carboxylic acid groups (broad SMARTS) is 1. The van der Waals surface area contributed by atoms with E-state index in [9.17, 15) is 9.59 Å². The van der Waals surface area contributed by atoms with E-state index in [-0.39, 0.29) is 25.1 Å². The molecule has 0 radical (unpaired) electrons. The molecule has 0 bridgehead atoms. The Bertz CT molecular complexity index is 1410. The predicted octanol–water partition coefficient (Wildman–Crippen LogP) is 5.27. The van der Waals surface area contributed by atoms with E-state index >= 15 is 0 Å². The summed E-state index contributed by atoms with van der Waals surface area (Å²) in [5.41, 5.74) is 6.22. The zero-order chi connectivity index (χ0) is 28.2. The SMILES string of the molecule is C#CCOc1ccc(C2NCCc3c2[nH]c2ccc(Cl)cc32)cc1.CC(=O)NCC(=O)O.Cc1ccccc1. The van der Waals surface area contributed by atoms with E-state index in [1.54, 1.807) is 0 Å². The van der Waals surface area contributed by atoms with Crippen LogP contribution in [0.5, 0.6) is 5.75 Å². The lowest BCUT2D eigenvalue weighted by molar-refractivity contribution is -0.137. The minimum atomic E-state index is -1.03. The average molecular weight is 546 g/mol. The molecular formula is C31H32ClN3O4. The molecule has 3 aromatic carbocycles. The number of benzene rings is 3. The topological polar surface area (TPSA) is 103 Å². The van der Waals surface area contributed by atoms with Crippen molar-refractivity contribution < 1.29 is 19.4 Å². The highest BCUT2D eigenvalue weighted by atomic mass is 35.5. The van der Waals surface area contributed by atoms with Crippen LogP contribution < -0.4 is 15.4 Å². The van der Waals surface area contributed by atoms with E-state index in [0.717, 1.165) is 29.3 Å². The van der Waals surface area contributed by atoms with E-state index in [0.29, 0.717) is 0 Å². The quantitative estimate of drug-likeness (QED) is 0.256. The summed E-state index contributed by atoms with van der Waals surface area (Å²) in [6.45, 7) is 4.28. The van der Waals surface area contributed by atoms with E-state index in [2.05, 4.69) is 52.7 Å². The summed E-state index contributed by atoms with van der Waals surface area (Å²) >= 11 is 6.17. The number of carbonyl (C=O) groups is 2. The van der Waals surface area contributed by atoms with Crippen LogP contribution in [-0.2, 0) is 16.0 Å². The Balaban J connectivity index is 0.000000230. The van der Waals surface area contributed by atoms with Crippen molar-refractivity contribution in [3.05, 3.63) is 100 Å². The van der Waals surface area contributed by atoms with Crippen molar-refractivity contribution >= 4 is 34.4 Å². The molecule has 7 nitrogen and oxygen atoms in total. The van der Waals surface area contributed by atoms with Crippen LogP contribution in [0.4, 0.5) is 0 Å². The van der Waals surface area contributed by atoms with Crippen LogP contribution in [0.25, 0.3) is 10.9 Å². The van der Waals surface area contributed by atoms with Crippen LogP contribution in [0.15, 0.2) is 72.8 Å². The molecule has 0 saturated carbocycles. The summed E-state index contributed by atoms with van der Waals surface area (Å²) in [6.07, 6.45) is 6.22. The largest absolute Gasteiger partial charge is 0.481 e. The summed E-state index contributed by atoms with van der Waals surface area (Å²) in [5.74, 6) is 1.91. The van der Waals surface area contributed by atoms with E-state index in [4.69, 9.17) is 27.9 Å². The number of rotatable bonds is 5. The summed E-state index contributed by atoms with van der Waals surface area (Å²) in [5, 5.41) is 15.6. The molecular weight excluding hydrogens is 514 g/mol. The van der Waals surface area contributed by atoms with Crippen LogP contribution >= 0.6 is 11.6 Å². The highest BCUT2D eigenvalue weighted by molar-refractivity contribution is 6.31. The fourth-order valence-electron chi connectivity index (χ4n) is 4.10. The average Bonchev–Trinajstić information content (AvgIpc) is 3.30. The Kier molecular flexibility index (Phi) is 11.0. The maximum atomic E-state index is 9.97. The number of hydrogen-bond donors (Lipinski definition) is 4. The molecule has 1 amide bonds. The molecule has 2 heterocycles. The van der Waals surface area contributed by atoms with Crippen molar-refractivity contribution in [2.75, 3.05) is 19.7 Å². The number of hydrogen-bond acceptors (Lipinski definition) is 4. The number of ether oxygens (including phenoxy) is 1. The first-order chi connectivity index (χ1) is 18.8. The molecule has 202 valence electrons. The molecule has 1 unspecified atom stereocenters. The molecule has 1 aliphatic rings. The standard InChI is InChI=1S/C20H17ClN2O.C7H8.C4H7NO3/c1-2-11-24-15-6-3-13(4-7-15)19-20-16(9-10-22-19)17-12-14(21)5-8-18(17)23-20;1-7-5-3-2-4-6-7;1-3(6)5-2-4(7)8/h1,3-8,12,19,22-23H,9-11H2;2-6H,1H3;2H2,1H3,(H,5,6)(H,7,8). The van der Waals surface area contributed by atoms with Crippen LogP contribution in [-0.4, -0.2) is 41.7 Å². The maximum absolute atomic E-state index is 9.97. The Morgan fingerprint density at radius 1 is 1.13 bits per heavy atom. The van der Waals surface area contributed by atoms with Crippen LogP contribution in [0, 0.1) is 19.3 Å². The van der Waals surface area contributed by atoms with Gasteiger partial charge in [-0.3, -0.25) is 9.59 Å². The van der Waals surface area contributed by atoms with Gasteiger partial charge in [-0.05, 0) is 54.8 Å². The van der Waals surface area contributed by atoms with E-state index < -0.39 is 5.97 Å². The number of aromatic nitrogens is 1. The third-order valence-electron chi connectivity index (χ3n) is 5.88. The van der Waals surface area contributed by atoms with Crippen molar-refractivity contribution in [3.63, 3.8) is 0 Å². The predicted molar refractivity (Wildman–Crippen MR) is 155 cm³/mol. The molecule has 0 fully saturated rings. The van der Waals surface area contributed by atoms with Crippen molar-refractivity contribution in [1.82, 2.24) is 15.6 Å². The van der Waals surface area contributed by atoms with Crippen molar-refractivity contribution in [2.45, 2.75) is 26.3 Å². The molecule has 0 saturated heterocycles. The van der Waals surface area contributed by atoms with Crippen LogP contribution in [0.2, 0.25) is 5.02 Å². The van der Waals surface area contributed by atoms with E-state index in [1.165, 1.54) is 34.7 Å². The molecule has 0 aliphatic carbocycles. The third-order valence-corrected chi connectivity index (χ3v) is 6.11. The molecule has 5 rings (SSSR count). The summed E-state index contributed by atoms with van der Waals surface area (Å²) in [7, 11) is 0. The number of carbonyl (C=O) groups excluding carboxylic acids is 1. The first-order valence-electron chi connectivity index (χ1n) is 12.5. The number of aromatic amines is 1. The minimum absolute atomic E-state index is 0.140. The van der Waals surface area contributed by atoms with Gasteiger partial charge in [0.2, 0.25) is 5.91 Å². The van der Waals surface area contributed by atoms with Gasteiger partial charge in [0.1, 0.15) is 18.9 Å². The van der Waals surface area contributed by atoms with Gasteiger partial charge in [0.25, 0.3) is 0 Å². The number of amides is 1. The van der Waals surface area contributed by atoms with Gasteiger partial charge in [-0.15, -0.1) is 6.42 Å². The van der Waals surface area contributed by atoms with Crippen molar-refractivity contribution in [3.8, 4) is 18.1 Å². The highest BCUT2D eigenvalue weighted by Crippen LogP contribution is 2.35. The van der Waals surface area contributed by atoms with Gasteiger partial charge in [-0.2, -0.15) is 0 Å². The molecule has 1 aliphatic heterocycles. The Morgan fingerprint density at radius 3 is 2.41 bits per heavy atom. The normalized spacial score (nSPS) is 13.4. The number of terminal acetylenes is 1. The molecule has 4 N–H and O–H groups in total. The van der Waals surface area contributed by atoms with Gasteiger partial charge < -0.3 is 25.5 Å². The molecule has 4 aromatic rings. The van der Waals surface area contributed by atoms with Crippen LogP contribution in [0.3, 0.4) is 0 Å². The smallest absolute Gasteiger partial charge is 0.322 e. The first-order valence-corrected chi connectivity index (χ1v) is 12.8. The van der Waals surface area contributed by atoms with Gasteiger partial charge in [-0.25, -0.2) is 0 Å². The lowest BCUT2D eigenvalue weighted by atomic mass is 9.94. The molecule has 8 heteroatoms. The number of aryl methyl sites for hydroxylation is 1. The molecule has 39 heavy (non-hydrogen) atoms. The molecule has 0 spiro atoms. The number of aliphatic carboxylic acids is 1. The fraction of sp³-hybridized carbons (Fsp3) is 0.226. The maximum Gasteiger partial charge on any atom is 0.322 e. The molecule has 1 aromatic heterocycles. The van der Waals surface area contributed by atoms with Gasteiger partial charge in [0, 0.05) is 35.1 Å². The first kappa shape index (κ1) is 29.3. The van der Waals surface area contributed by atoms with E-state index in [1.807, 2.05) is 48.5 Å². The minimum Gasteiger partial charge on any atom is -0.481 e. The number of carboxylic acids is 1. The number of H-pyrrole nitrogens is 1.